The minimum atomic E-state index is -0.432. The Bertz CT molecular complexity index is 459. The number of methoxy groups -OCH3 is 1. The Kier molecular flexibility index (Phi) is 6.56. The Hall–Kier alpha value is -2.04. The molecule has 1 aromatic carbocycles. The third kappa shape index (κ3) is 4.57. The first-order chi connectivity index (χ1) is 9.62. The van der Waals surface area contributed by atoms with Crippen molar-refractivity contribution in [1.82, 2.24) is 4.90 Å². The van der Waals surface area contributed by atoms with Gasteiger partial charge in [-0.15, -0.1) is 0 Å². The predicted octanol–water partition coefficient (Wildman–Crippen LogP) is 2.11. The molecule has 0 heterocycles. The normalized spacial score (nSPS) is 9.95. The Morgan fingerprint density at radius 2 is 2.00 bits per heavy atom. The van der Waals surface area contributed by atoms with E-state index in [4.69, 9.17) is 4.74 Å². The summed E-state index contributed by atoms with van der Waals surface area (Å²) in [5.74, 6) is 0.0188. The molecule has 0 radical (unpaired) electrons. The number of ether oxygens (including phenoxy) is 2. The molecule has 0 aliphatic rings. The summed E-state index contributed by atoms with van der Waals surface area (Å²) in [5.41, 5.74) is 0.504. The minimum absolute atomic E-state index is 0.0497. The number of carbonyl (C=O) groups excluding carboxylic acids is 2. The monoisotopic (exact) mass is 279 g/mol. The minimum Gasteiger partial charge on any atom is -0.494 e. The molecule has 0 bridgehead atoms. The number of amides is 1. The highest BCUT2D eigenvalue weighted by Gasteiger charge is 2.17. The second-order valence-corrected chi connectivity index (χ2v) is 4.27. The molecule has 1 rings (SSSR count). The molecule has 0 spiro atoms. The molecule has 0 aliphatic heterocycles. The summed E-state index contributed by atoms with van der Waals surface area (Å²) >= 11 is 0. The van der Waals surface area contributed by atoms with E-state index in [1.807, 2.05) is 19.9 Å². The molecule has 1 amide bonds. The van der Waals surface area contributed by atoms with Gasteiger partial charge in [0.1, 0.15) is 12.3 Å². The fourth-order valence-corrected chi connectivity index (χ4v) is 1.67. The zero-order chi connectivity index (χ0) is 15.0. The molecule has 0 fully saturated rings. The lowest BCUT2D eigenvalue weighted by Gasteiger charge is -2.19. The Labute approximate surface area is 119 Å². The topological polar surface area (TPSA) is 55.8 Å². The Morgan fingerprint density at radius 1 is 1.25 bits per heavy atom. The van der Waals surface area contributed by atoms with E-state index < -0.39 is 5.97 Å². The van der Waals surface area contributed by atoms with Gasteiger partial charge in [0.25, 0.3) is 5.91 Å². The Balaban J connectivity index is 2.81. The van der Waals surface area contributed by atoms with Gasteiger partial charge in [-0.25, -0.2) is 0 Å². The molecule has 0 N–H and O–H groups in total. The van der Waals surface area contributed by atoms with Crippen LogP contribution in [0.1, 0.15) is 30.6 Å². The van der Waals surface area contributed by atoms with Crippen molar-refractivity contribution in [3.05, 3.63) is 29.8 Å². The highest BCUT2D eigenvalue weighted by molar-refractivity contribution is 5.96. The highest BCUT2D eigenvalue weighted by atomic mass is 16.5. The van der Waals surface area contributed by atoms with Crippen molar-refractivity contribution in [2.24, 2.45) is 0 Å². The van der Waals surface area contributed by atoms with Crippen molar-refractivity contribution in [1.29, 1.82) is 0 Å². The van der Waals surface area contributed by atoms with Crippen LogP contribution in [0.2, 0.25) is 0 Å². The molecule has 0 aliphatic carbocycles. The van der Waals surface area contributed by atoms with E-state index in [9.17, 15) is 9.59 Å². The molecule has 0 saturated carbocycles. The first-order valence-electron chi connectivity index (χ1n) is 6.71. The van der Waals surface area contributed by atoms with E-state index in [1.54, 1.807) is 18.2 Å². The number of likely N-dealkylation sites (N-methyl/N-ethyl adjacent to an activating group) is 1. The standard InChI is InChI=1S/C15H21NO4/c1-4-9-20-13-8-6-7-12(10-13)15(18)16(5-2)11-14(17)19-3/h6-8,10H,4-5,9,11H2,1-3H3. The molecular weight excluding hydrogens is 258 g/mol. The van der Waals surface area contributed by atoms with Gasteiger partial charge in [0.2, 0.25) is 0 Å². The fraction of sp³-hybridized carbons (Fsp3) is 0.467. The zero-order valence-corrected chi connectivity index (χ0v) is 12.2. The van der Waals surface area contributed by atoms with Gasteiger partial charge in [0.05, 0.1) is 13.7 Å². The maximum absolute atomic E-state index is 12.3. The van der Waals surface area contributed by atoms with E-state index in [-0.39, 0.29) is 12.5 Å². The number of hydrogen-bond donors (Lipinski definition) is 0. The summed E-state index contributed by atoms with van der Waals surface area (Å²) in [7, 11) is 1.31. The van der Waals surface area contributed by atoms with Crippen molar-refractivity contribution in [2.75, 3.05) is 26.8 Å². The number of rotatable bonds is 7. The first-order valence-corrected chi connectivity index (χ1v) is 6.71. The van der Waals surface area contributed by atoms with E-state index in [1.165, 1.54) is 12.0 Å². The quantitative estimate of drug-likeness (QED) is 0.717. The van der Waals surface area contributed by atoms with Gasteiger partial charge in [-0.2, -0.15) is 0 Å². The fourth-order valence-electron chi connectivity index (χ4n) is 1.67. The molecule has 0 aromatic heterocycles. The number of carbonyl (C=O) groups is 2. The van der Waals surface area contributed by atoms with Crippen molar-refractivity contribution in [3.63, 3.8) is 0 Å². The van der Waals surface area contributed by atoms with Gasteiger partial charge in [-0.3, -0.25) is 9.59 Å². The van der Waals surface area contributed by atoms with Crippen LogP contribution in [-0.4, -0.2) is 43.6 Å². The van der Waals surface area contributed by atoms with E-state index >= 15 is 0 Å². The average molecular weight is 279 g/mol. The number of esters is 1. The largest absolute Gasteiger partial charge is 0.494 e. The van der Waals surface area contributed by atoms with Crippen LogP contribution in [-0.2, 0) is 9.53 Å². The van der Waals surface area contributed by atoms with Crippen LogP contribution in [0.5, 0.6) is 5.75 Å². The maximum Gasteiger partial charge on any atom is 0.325 e. The van der Waals surface area contributed by atoms with Gasteiger partial charge in [-0.05, 0) is 31.5 Å². The summed E-state index contributed by atoms with van der Waals surface area (Å²) in [5, 5.41) is 0. The third-order valence-electron chi connectivity index (χ3n) is 2.77. The molecule has 0 unspecified atom stereocenters. The second-order valence-electron chi connectivity index (χ2n) is 4.27. The van der Waals surface area contributed by atoms with Crippen LogP contribution in [0.25, 0.3) is 0 Å². The molecule has 20 heavy (non-hydrogen) atoms. The molecule has 0 saturated heterocycles. The number of nitrogens with zero attached hydrogens (tertiary/aromatic N) is 1. The molecular formula is C15H21NO4. The van der Waals surface area contributed by atoms with Gasteiger partial charge >= 0.3 is 5.97 Å². The molecule has 5 nitrogen and oxygen atoms in total. The summed E-state index contributed by atoms with van der Waals surface area (Å²) in [6.45, 7) is 4.83. The summed E-state index contributed by atoms with van der Waals surface area (Å²) in [4.78, 5) is 25.0. The van der Waals surface area contributed by atoms with Gasteiger partial charge < -0.3 is 14.4 Å². The molecule has 110 valence electrons. The summed E-state index contributed by atoms with van der Waals surface area (Å²) in [6, 6.07) is 6.98. The van der Waals surface area contributed by atoms with Gasteiger partial charge in [0.15, 0.2) is 0 Å². The average Bonchev–Trinajstić information content (AvgIpc) is 2.49. The van der Waals surface area contributed by atoms with Crippen LogP contribution in [0, 0.1) is 0 Å². The molecule has 0 atom stereocenters. The van der Waals surface area contributed by atoms with Crippen molar-refractivity contribution in [3.8, 4) is 5.75 Å². The summed E-state index contributed by atoms with van der Waals surface area (Å²) < 4.78 is 10.1. The maximum atomic E-state index is 12.3. The van der Waals surface area contributed by atoms with E-state index in [0.717, 1.165) is 6.42 Å². The van der Waals surface area contributed by atoms with Crippen LogP contribution in [0.4, 0.5) is 0 Å². The lowest BCUT2D eigenvalue weighted by atomic mass is 10.2. The van der Waals surface area contributed by atoms with Crippen LogP contribution < -0.4 is 4.74 Å². The van der Waals surface area contributed by atoms with Crippen LogP contribution in [0.3, 0.4) is 0 Å². The second kappa shape index (κ2) is 8.19. The molecule has 5 heteroatoms. The van der Waals surface area contributed by atoms with E-state index in [0.29, 0.717) is 24.5 Å². The first kappa shape index (κ1) is 16.0. The van der Waals surface area contributed by atoms with Gasteiger partial charge in [0, 0.05) is 12.1 Å². The van der Waals surface area contributed by atoms with Crippen molar-refractivity contribution >= 4 is 11.9 Å². The Morgan fingerprint density at radius 3 is 2.60 bits per heavy atom. The van der Waals surface area contributed by atoms with Crippen molar-refractivity contribution < 1.29 is 19.1 Å². The van der Waals surface area contributed by atoms with Crippen LogP contribution in [0.15, 0.2) is 24.3 Å². The third-order valence-corrected chi connectivity index (χ3v) is 2.77. The van der Waals surface area contributed by atoms with E-state index in [2.05, 4.69) is 4.74 Å². The highest BCUT2D eigenvalue weighted by Crippen LogP contribution is 2.15. The number of hydrogen-bond acceptors (Lipinski definition) is 4. The van der Waals surface area contributed by atoms with Crippen LogP contribution >= 0.6 is 0 Å². The molecule has 1 aromatic rings. The number of benzene rings is 1. The lowest BCUT2D eigenvalue weighted by Crippen LogP contribution is -2.36. The smallest absolute Gasteiger partial charge is 0.325 e. The SMILES string of the molecule is CCCOc1cccc(C(=O)N(CC)CC(=O)OC)c1. The zero-order valence-electron chi connectivity index (χ0n) is 12.2. The van der Waals surface area contributed by atoms with Gasteiger partial charge in [-0.1, -0.05) is 13.0 Å². The lowest BCUT2D eigenvalue weighted by molar-refractivity contribution is -0.141. The predicted molar refractivity (Wildman–Crippen MR) is 75.8 cm³/mol. The van der Waals surface area contributed by atoms with Crippen molar-refractivity contribution in [2.45, 2.75) is 20.3 Å². The summed E-state index contributed by atoms with van der Waals surface area (Å²) in [6.07, 6.45) is 0.904.